The van der Waals surface area contributed by atoms with Crippen molar-refractivity contribution in [2.24, 2.45) is 0 Å². The van der Waals surface area contributed by atoms with Crippen molar-refractivity contribution in [2.45, 2.75) is 0 Å². The Kier molecular flexibility index (Phi) is 4.15. The van der Waals surface area contributed by atoms with Crippen LogP contribution in [0.25, 0.3) is 0 Å². The van der Waals surface area contributed by atoms with Gasteiger partial charge in [0.15, 0.2) is 0 Å². The molecule has 2 nitrogen and oxygen atoms in total. The van der Waals surface area contributed by atoms with Gasteiger partial charge < -0.3 is 0 Å². The zero-order valence-corrected chi connectivity index (χ0v) is 13.0. The summed E-state index contributed by atoms with van der Waals surface area (Å²) >= 11 is 0. The molecule has 0 aliphatic carbocycles. The monoisotopic (exact) mass is 316 g/mol. The van der Waals surface area contributed by atoms with Crippen LogP contribution in [0.2, 0.25) is 0 Å². The van der Waals surface area contributed by atoms with Crippen LogP contribution in [0.4, 0.5) is 0 Å². The van der Waals surface area contributed by atoms with Crippen LogP contribution in [0.15, 0.2) is 82.6 Å². The molecule has 0 radical (unpaired) electrons. The molecule has 2 aromatic carbocycles. The maximum absolute atomic E-state index is 12.4. The van der Waals surface area contributed by atoms with E-state index in [0.29, 0.717) is 0 Å². The van der Waals surface area contributed by atoms with Gasteiger partial charge in [-0.05, 0) is 48.3 Å². The summed E-state index contributed by atoms with van der Waals surface area (Å²) in [5.41, 5.74) is 1.54. The molecular formula is C20H12O2S. The summed E-state index contributed by atoms with van der Waals surface area (Å²) in [5.74, 6) is 11.2. The number of hydrogen-bond donors (Lipinski definition) is 0. The van der Waals surface area contributed by atoms with E-state index in [1.807, 2.05) is 60.7 Å². The van der Waals surface area contributed by atoms with Crippen molar-refractivity contribution in [3.63, 3.8) is 0 Å². The van der Waals surface area contributed by atoms with Crippen LogP contribution in [0, 0.1) is 23.7 Å². The second kappa shape index (κ2) is 6.40. The highest BCUT2D eigenvalue weighted by atomic mass is 32.2. The van der Waals surface area contributed by atoms with Gasteiger partial charge in [-0.2, -0.15) is 0 Å². The smallest absolute Gasteiger partial charge is 0.217 e. The number of sulfone groups is 1. The number of allylic oxidation sites excluding steroid dienone is 4. The first kappa shape index (κ1) is 14.9. The lowest BCUT2D eigenvalue weighted by Gasteiger charge is -1.95. The van der Waals surface area contributed by atoms with Crippen LogP contribution in [0.3, 0.4) is 0 Å². The topological polar surface area (TPSA) is 34.1 Å². The minimum atomic E-state index is -3.59. The highest BCUT2D eigenvalue weighted by Crippen LogP contribution is 2.23. The Balaban J connectivity index is 1.82. The highest BCUT2D eigenvalue weighted by molar-refractivity contribution is 7.99. The molecule has 1 aliphatic heterocycles. The Hall–Kier alpha value is -3.01. The lowest BCUT2D eigenvalue weighted by atomic mass is 10.2. The molecule has 0 aromatic heterocycles. The summed E-state index contributed by atoms with van der Waals surface area (Å²) in [5, 5.41) is 0. The predicted molar refractivity (Wildman–Crippen MR) is 91.7 cm³/mol. The summed E-state index contributed by atoms with van der Waals surface area (Å²) < 4.78 is 24.8. The molecule has 0 amide bonds. The first-order chi connectivity index (χ1) is 11.2. The van der Waals surface area contributed by atoms with Crippen LogP contribution in [0.5, 0.6) is 0 Å². The van der Waals surface area contributed by atoms with Gasteiger partial charge in [0, 0.05) is 11.1 Å². The average Bonchev–Trinajstić information content (AvgIpc) is 2.87. The van der Waals surface area contributed by atoms with Gasteiger partial charge in [-0.1, -0.05) is 48.2 Å². The molecule has 0 fully saturated rings. The number of rotatable bonds is 0. The Bertz CT molecular complexity index is 926. The second-order valence-electron chi connectivity index (χ2n) is 4.80. The summed E-state index contributed by atoms with van der Waals surface area (Å²) in [6, 6.07) is 18.5. The molecule has 0 saturated carbocycles. The maximum atomic E-state index is 12.4. The van der Waals surface area contributed by atoms with Crippen molar-refractivity contribution in [1.29, 1.82) is 0 Å². The molecule has 1 aliphatic rings. The number of benzene rings is 2. The van der Waals surface area contributed by atoms with E-state index in [1.165, 1.54) is 12.2 Å². The highest BCUT2D eigenvalue weighted by Gasteiger charge is 2.24. The fraction of sp³-hybridized carbons (Fsp3) is 0. The first-order valence-electron chi connectivity index (χ1n) is 6.97. The van der Waals surface area contributed by atoms with Crippen LogP contribution < -0.4 is 0 Å². The summed E-state index contributed by atoms with van der Waals surface area (Å²) in [6.45, 7) is 0. The third kappa shape index (κ3) is 3.43. The SMILES string of the molecule is O=S1(=O)C(C#Cc2ccccc2)=CC=C1C#Cc1ccccc1. The van der Waals surface area contributed by atoms with E-state index in [4.69, 9.17) is 0 Å². The minimum absolute atomic E-state index is 0.0821. The van der Waals surface area contributed by atoms with Gasteiger partial charge >= 0.3 is 0 Å². The predicted octanol–water partition coefficient (Wildman–Crippen LogP) is 3.29. The van der Waals surface area contributed by atoms with Crippen molar-refractivity contribution in [3.05, 3.63) is 93.8 Å². The molecule has 23 heavy (non-hydrogen) atoms. The Labute approximate surface area is 136 Å². The van der Waals surface area contributed by atoms with Crippen molar-refractivity contribution in [1.82, 2.24) is 0 Å². The van der Waals surface area contributed by atoms with Crippen LogP contribution in [-0.4, -0.2) is 8.42 Å². The number of hydrogen-bond acceptors (Lipinski definition) is 2. The Morgan fingerprint density at radius 2 is 0.957 bits per heavy atom. The minimum Gasteiger partial charge on any atom is -0.217 e. The van der Waals surface area contributed by atoms with Gasteiger partial charge in [0.25, 0.3) is 0 Å². The largest absolute Gasteiger partial charge is 0.222 e. The van der Waals surface area contributed by atoms with Gasteiger partial charge in [-0.25, -0.2) is 8.42 Å². The van der Waals surface area contributed by atoms with E-state index < -0.39 is 9.84 Å². The van der Waals surface area contributed by atoms with Gasteiger partial charge in [-0.15, -0.1) is 0 Å². The molecule has 0 N–H and O–H groups in total. The van der Waals surface area contributed by atoms with E-state index in [0.717, 1.165) is 11.1 Å². The molecule has 1 heterocycles. The normalized spacial score (nSPS) is 14.6. The maximum Gasteiger partial charge on any atom is 0.222 e. The third-order valence-corrected chi connectivity index (χ3v) is 4.81. The van der Waals surface area contributed by atoms with Gasteiger partial charge in [0.2, 0.25) is 9.84 Å². The molecule has 0 bridgehead atoms. The Morgan fingerprint density at radius 3 is 1.35 bits per heavy atom. The van der Waals surface area contributed by atoms with E-state index >= 15 is 0 Å². The van der Waals surface area contributed by atoms with Crippen LogP contribution >= 0.6 is 0 Å². The Morgan fingerprint density at radius 1 is 0.565 bits per heavy atom. The van der Waals surface area contributed by atoms with Crippen LogP contribution in [0.1, 0.15) is 11.1 Å². The van der Waals surface area contributed by atoms with E-state index in [-0.39, 0.29) is 9.81 Å². The van der Waals surface area contributed by atoms with Gasteiger partial charge in [-0.3, -0.25) is 0 Å². The van der Waals surface area contributed by atoms with Gasteiger partial charge in [0.05, 0.1) is 0 Å². The summed E-state index contributed by atoms with van der Waals surface area (Å²) in [4.78, 5) is 0.164. The molecule has 2 aromatic rings. The van der Waals surface area contributed by atoms with E-state index in [1.54, 1.807) is 0 Å². The fourth-order valence-electron chi connectivity index (χ4n) is 1.98. The molecule has 0 unspecified atom stereocenters. The third-order valence-electron chi connectivity index (χ3n) is 3.17. The molecular weight excluding hydrogens is 304 g/mol. The van der Waals surface area contributed by atoms with Crippen molar-refractivity contribution < 1.29 is 8.42 Å². The molecule has 3 rings (SSSR count). The summed E-state index contributed by atoms with van der Waals surface area (Å²) in [6.07, 6.45) is 3.00. The van der Waals surface area contributed by atoms with E-state index in [9.17, 15) is 8.42 Å². The lowest BCUT2D eigenvalue weighted by Crippen LogP contribution is -2.00. The summed E-state index contributed by atoms with van der Waals surface area (Å²) in [7, 11) is -3.59. The van der Waals surface area contributed by atoms with E-state index in [2.05, 4.69) is 23.7 Å². The zero-order valence-electron chi connectivity index (χ0n) is 12.2. The van der Waals surface area contributed by atoms with Crippen molar-refractivity contribution in [3.8, 4) is 23.7 Å². The lowest BCUT2D eigenvalue weighted by molar-refractivity contribution is 0.610. The fourth-order valence-corrected chi connectivity index (χ4v) is 3.08. The quantitative estimate of drug-likeness (QED) is 0.699. The second-order valence-corrected chi connectivity index (χ2v) is 6.68. The first-order valence-corrected chi connectivity index (χ1v) is 8.46. The molecule has 110 valence electrons. The molecule has 0 saturated heterocycles. The molecule has 3 heteroatoms. The van der Waals surface area contributed by atoms with Crippen molar-refractivity contribution in [2.75, 3.05) is 0 Å². The van der Waals surface area contributed by atoms with Crippen LogP contribution in [-0.2, 0) is 9.84 Å². The standard InChI is InChI=1S/C20H12O2S/c21-23(22)19(13-11-17-7-3-1-4-8-17)15-16-20(23)14-12-18-9-5-2-6-10-18/h1-10,15-16H. The zero-order chi connectivity index (χ0) is 16.1. The molecule has 0 spiro atoms. The average molecular weight is 316 g/mol. The molecule has 0 atom stereocenters. The van der Waals surface area contributed by atoms with Gasteiger partial charge in [0.1, 0.15) is 9.81 Å². The van der Waals surface area contributed by atoms with Crippen molar-refractivity contribution >= 4 is 9.84 Å².